The molecule has 2 heterocycles. The van der Waals surface area contributed by atoms with Crippen LogP contribution < -0.4 is 10.9 Å². The van der Waals surface area contributed by atoms with Gasteiger partial charge in [-0.1, -0.05) is 0 Å². The second-order valence-corrected chi connectivity index (χ2v) is 4.92. The lowest BCUT2D eigenvalue weighted by molar-refractivity contribution is 0.0698. The Labute approximate surface area is 110 Å². The lowest BCUT2D eigenvalue weighted by atomic mass is 10.3. The molecule has 0 spiro atoms. The molecule has 2 aromatic rings. The molecule has 0 bridgehead atoms. The van der Waals surface area contributed by atoms with E-state index in [4.69, 9.17) is 5.11 Å². The zero-order chi connectivity index (χ0) is 14.0. The summed E-state index contributed by atoms with van der Waals surface area (Å²) in [5, 5.41) is 17.4. The molecule has 0 aliphatic carbocycles. The van der Waals surface area contributed by atoms with Gasteiger partial charge < -0.3 is 10.4 Å². The number of carboxylic acids is 1. The van der Waals surface area contributed by atoms with E-state index in [-0.39, 0.29) is 16.3 Å². The van der Waals surface area contributed by atoms with E-state index in [1.165, 1.54) is 18.2 Å². The molecule has 0 aromatic carbocycles. The number of aromatic nitrogens is 2. The van der Waals surface area contributed by atoms with Crippen LogP contribution in [0.25, 0.3) is 0 Å². The Morgan fingerprint density at radius 1 is 1.42 bits per heavy atom. The van der Waals surface area contributed by atoms with Gasteiger partial charge >= 0.3 is 5.97 Å². The van der Waals surface area contributed by atoms with Gasteiger partial charge in [-0.05, 0) is 19.1 Å². The van der Waals surface area contributed by atoms with Crippen molar-refractivity contribution < 1.29 is 14.7 Å². The van der Waals surface area contributed by atoms with Gasteiger partial charge in [-0.25, -0.2) is 9.89 Å². The molecule has 2 aromatic heterocycles. The number of hydrogen-bond donors (Lipinski definition) is 3. The summed E-state index contributed by atoms with van der Waals surface area (Å²) in [4.78, 5) is 34.4. The van der Waals surface area contributed by atoms with Crippen molar-refractivity contribution in [3.05, 3.63) is 44.7 Å². The molecule has 7 nitrogen and oxygen atoms in total. The first kappa shape index (κ1) is 13.0. The molecular weight excluding hydrogens is 270 g/mol. The van der Waals surface area contributed by atoms with Crippen LogP contribution in [-0.4, -0.2) is 27.2 Å². The molecule has 0 saturated heterocycles. The third-order valence-electron chi connectivity index (χ3n) is 2.22. The largest absolute Gasteiger partial charge is 0.478 e. The van der Waals surface area contributed by atoms with Crippen molar-refractivity contribution in [1.82, 2.24) is 10.2 Å². The monoisotopic (exact) mass is 279 g/mol. The number of rotatable bonds is 3. The van der Waals surface area contributed by atoms with Gasteiger partial charge in [0.25, 0.3) is 11.5 Å². The van der Waals surface area contributed by atoms with E-state index in [1.807, 2.05) is 0 Å². The van der Waals surface area contributed by atoms with Gasteiger partial charge in [0.05, 0.1) is 5.56 Å². The number of thiophene rings is 1. The average molecular weight is 279 g/mol. The first-order valence-electron chi connectivity index (χ1n) is 5.18. The van der Waals surface area contributed by atoms with E-state index < -0.39 is 17.4 Å². The molecule has 19 heavy (non-hydrogen) atoms. The molecule has 8 heteroatoms. The van der Waals surface area contributed by atoms with Gasteiger partial charge in [0.15, 0.2) is 0 Å². The highest BCUT2D eigenvalue weighted by Gasteiger charge is 2.17. The fraction of sp³-hybridized carbons (Fsp3) is 0.0909. The minimum Gasteiger partial charge on any atom is -0.478 e. The van der Waals surface area contributed by atoms with Crippen LogP contribution in [0, 0.1) is 6.92 Å². The van der Waals surface area contributed by atoms with Crippen LogP contribution in [0.5, 0.6) is 0 Å². The van der Waals surface area contributed by atoms with Crippen molar-refractivity contribution in [3.8, 4) is 0 Å². The Bertz CT molecular complexity index is 684. The number of carbonyl (C=O) groups excluding carboxylic acids is 1. The van der Waals surface area contributed by atoms with Crippen LogP contribution in [0.1, 0.15) is 25.7 Å². The third kappa shape index (κ3) is 2.86. The predicted octanol–water partition coefficient (Wildman–Crippen LogP) is 1.09. The quantitative estimate of drug-likeness (QED) is 0.778. The van der Waals surface area contributed by atoms with E-state index in [0.717, 1.165) is 16.2 Å². The Kier molecular flexibility index (Phi) is 3.43. The molecular formula is C11H9N3O4S. The smallest absolute Gasteiger partial charge is 0.338 e. The molecule has 0 aliphatic rings. The Morgan fingerprint density at radius 3 is 2.74 bits per heavy atom. The van der Waals surface area contributed by atoms with Crippen molar-refractivity contribution in [2.75, 3.05) is 5.32 Å². The van der Waals surface area contributed by atoms with Gasteiger partial charge in [0.2, 0.25) is 0 Å². The Balaban J connectivity index is 2.26. The molecule has 0 unspecified atom stereocenters. The molecule has 98 valence electrons. The summed E-state index contributed by atoms with van der Waals surface area (Å²) in [6.45, 7) is 1.74. The van der Waals surface area contributed by atoms with Crippen LogP contribution in [0.4, 0.5) is 5.00 Å². The summed E-state index contributed by atoms with van der Waals surface area (Å²) in [5.74, 6) is -1.70. The molecule has 0 atom stereocenters. The molecule has 0 fully saturated rings. The van der Waals surface area contributed by atoms with Crippen LogP contribution in [0.2, 0.25) is 0 Å². The van der Waals surface area contributed by atoms with E-state index in [1.54, 1.807) is 6.92 Å². The maximum atomic E-state index is 11.8. The Morgan fingerprint density at radius 2 is 2.16 bits per heavy atom. The summed E-state index contributed by atoms with van der Waals surface area (Å²) in [6.07, 6.45) is 0. The molecule has 0 saturated carbocycles. The fourth-order valence-corrected chi connectivity index (χ4v) is 2.30. The number of aryl methyl sites for hydroxylation is 1. The first-order valence-corrected chi connectivity index (χ1v) is 6.00. The topological polar surface area (TPSA) is 112 Å². The minimum absolute atomic E-state index is 0.00184. The lowest BCUT2D eigenvalue weighted by Crippen LogP contribution is -2.18. The summed E-state index contributed by atoms with van der Waals surface area (Å²) < 4.78 is 0. The van der Waals surface area contributed by atoms with E-state index in [9.17, 15) is 14.4 Å². The van der Waals surface area contributed by atoms with Gasteiger partial charge in [-0.15, -0.1) is 11.3 Å². The maximum absolute atomic E-state index is 11.8. The van der Waals surface area contributed by atoms with Crippen LogP contribution in [0.15, 0.2) is 23.0 Å². The van der Waals surface area contributed by atoms with Crippen molar-refractivity contribution in [1.29, 1.82) is 0 Å². The molecule has 1 amide bonds. The molecule has 0 aliphatic heterocycles. The van der Waals surface area contributed by atoms with Gasteiger partial charge in [-0.3, -0.25) is 9.59 Å². The molecule has 0 radical (unpaired) electrons. The number of nitrogens with one attached hydrogen (secondary N) is 2. The number of aromatic amines is 1. The average Bonchev–Trinajstić information content (AvgIpc) is 2.71. The standard InChI is InChI=1S/C11H9N3O4S/c1-5-4-6(11(17)18)10(19-5)12-9(16)7-2-3-8(15)14-13-7/h2-4H,1H3,(H,12,16)(H,14,15)(H,17,18). The van der Waals surface area contributed by atoms with Crippen molar-refractivity contribution in [3.63, 3.8) is 0 Å². The normalized spacial score (nSPS) is 10.2. The first-order chi connectivity index (χ1) is 8.97. The molecule has 3 N–H and O–H groups in total. The zero-order valence-corrected chi connectivity index (χ0v) is 10.6. The van der Waals surface area contributed by atoms with E-state index >= 15 is 0 Å². The SMILES string of the molecule is Cc1cc(C(=O)O)c(NC(=O)c2ccc(=O)[nH]n2)s1. The number of H-pyrrole nitrogens is 1. The Hall–Kier alpha value is -2.48. The second-order valence-electron chi connectivity index (χ2n) is 3.67. The number of hydrogen-bond acceptors (Lipinski definition) is 5. The number of carbonyl (C=O) groups is 2. The van der Waals surface area contributed by atoms with Crippen LogP contribution >= 0.6 is 11.3 Å². The summed E-state index contributed by atoms with van der Waals surface area (Å²) >= 11 is 1.16. The van der Waals surface area contributed by atoms with Gasteiger partial charge in [-0.2, -0.15) is 5.10 Å². The number of nitrogens with zero attached hydrogens (tertiary/aromatic N) is 1. The maximum Gasteiger partial charge on any atom is 0.338 e. The highest BCUT2D eigenvalue weighted by atomic mass is 32.1. The number of carboxylic acid groups (broad SMARTS) is 1. The summed E-state index contributed by atoms with van der Waals surface area (Å²) in [6, 6.07) is 3.90. The number of amides is 1. The highest BCUT2D eigenvalue weighted by Crippen LogP contribution is 2.27. The van der Waals surface area contributed by atoms with Crippen LogP contribution in [0.3, 0.4) is 0 Å². The summed E-state index contributed by atoms with van der Waals surface area (Å²) in [5.41, 5.74) is -0.392. The zero-order valence-electron chi connectivity index (χ0n) is 9.76. The van der Waals surface area contributed by atoms with Gasteiger partial charge in [0, 0.05) is 10.9 Å². The predicted molar refractivity (Wildman–Crippen MR) is 68.8 cm³/mol. The lowest BCUT2D eigenvalue weighted by Gasteiger charge is -2.02. The van der Waals surface area contributed by atoms with Gasteiger partial charge in [0.1, 0.15) is 10.7 Å². The second kappa shape index (κ2) is 5.02. The number of aromatic carboxylic acids is 1. The highest BCUT2D eigenvalue weighted by molar-refractivity contribution is 7.16. The minimum atomic E-state index is -1.12. The van der Waals surface area contributed by atoms with Crippen molar-refractivity contribution >= 4 is 28.2 Å². The van der Waals surface area contributed by atoms with Crippen molar-refractivity contribution in [2.24, 2.45) is 0 Å². The number of anilines is 1. The van der Waals surface area contributed by atoms with E-state index in [0.29, 0.717) is 0 Å². The van der Waals surface area contributed by atoms with Crippen LogP contribution in [-0.2, 0) is 0 Å². The third-order valence-corrected chi connectivity index (χ3v) is 3.19. The molecule has 2 rings (SSSR count). The summed E-state index contributed by atoms with van der Waals surface area (Å²) in [7, 11) is 0. The van der Waals surface area contributed by atoms with E-state index in [2.05, 4.69) is 15.5 Å². The fourth-order valence-electron chi connectivity index (χ4n) is 1.40. The van der Waals surface area contributed by atoms with Crippen molar-refractivity contribution in [2.45, 2.75) is 6.92 Å².